The van der Waals surface area contributed by atoms with E-state index in [0.717, 1.165) is 21.7 Å². The van der Waals surface area contributed by atoms with E-state index in [0.29, 0.717) is 0 Å². The van der Waals surface area contributed by atoms with Gasteiger partial charge in [-0.05, 0) is 17.5 Å². The summed E-state index contributed by atoms with van der Waals surface area (Å²) in [5, 5.41) is 3.05. The van der Waals surface area contributed by atoms with Crippen LogP contribution in [0.15, 0.2) is 60.8 Å². The summed E-state index contributed by atoms with van der Waals surface area (Å²) in [6.07, 6.45) is 1.88. The van der Waals surface area contributed by atoms with Crippen molar-refractivity contribution in [3.05, 3.63) is 65.8 Å². The SMILES string of the molecule is Clc1ccccc1-c1cc2ccccc2cn1. The zero-order valence-electron chi connectivity index (χ0n) is 9.10. The molecule has 0 N–H and O–H groups in total. The van der Waals surface area contributed by atoms with Crippen molar-refractivity contribution in [1.29, 1.82) is 0 Å². The normalized spacial score (nSPS) is 10.6. The Morgan fingerprint density at radius 2 is 1.53 bits per heavy atom. The van der Waals surface area contributed by atoms with Crippen LogP contribution in [0, 0.1) is 0 Å². The van der Waals surface area contributed by atoms with Crippen LogP contribution in [0.4, 0.5) is 0 Å². The fourth-order valence-electron chi connectivity index (χ4n) is 1.90. The number of fused-ring (bicyclic) bond motifs is 1. The van der Waals surface area contributed by atoms with Gasteiger partial charge in [0.1, 0.15) is 0 Å². The Morgan fingerprint density at radius 3 is 2.35 bits per heavy atom. The number of aromatic nitrogens is 1. The maximum absolute atomic E-state index is 6.17. The molecule has 3 aromatic rings. The molecule has 0 aliphatic carbocycles. The van der Waals surface area contributed by atoms with Crippen molar-refractivity contribution in [3.63, 3.8) is 0 Å². The lowest BCUT2D eigenvalue weighted by molar-refractivity contribution is 1.36. The molecule has 0 saturated heterocycles. The summed E-state index contributed by atoms with van der Waals surface area (Å²) in [6, 6.07) is 18.0. The first-order valence-corrected chi connectivity index (χ1v) is 5.82. The van der Waals surface area contributed by atoms with Crippen LogP contribution in [-0.4, -0.2) is 4.98 Å². The highest BCUT2D eigenvalue weighted by Gasteiger charge is 2.04. The molecule has 2 heteroatoms. The van der Waals surface area contributed by atoms with Gasteiger partial charge in [-0.25, -0.2) is 0 Å². The lowest BCUT2D eigenvalue weighted by Crippen LogP contribution is -1.84. The fraction of sp³-hybridized carbons (Fsp3) is 0. The molecule has 0 bridgehead atoms. The monoisotopic (exact) mass is 239 g/mol. The molecule has 0 saturated carbocycles. The zero-order chi connectivity index (χ0) is 11.7. The van der Waals surface area contributed by atoms with Gasteiger partial charge in [-0.2, -0.15) is 0 Å². The molecule has 17 heavy (non-hydrogen) atoms. The lowest BCUT2D eigenvalue weighted by atomic mass is 10.1. The molecule has 2 aromatic carbocycles. The number of nitrogens with zero attached hydrogens (tertiary/aromatic N) is 1. The molecule has 0 fully saturated rings. The summed E-state index contributed by atoms with van der Waals surface area (Å²) in [5.74, 6) is 0. The van der Waals surface area contributed by atoms with Crippen molar-refractivity contribution < 1.29 is 0 Å². The summed E-state index contributed by atoms with van der Waals surface area (Å²) in [7, 11) is 0. The van der Waals surface area contributed by atoms with Crippen LogP contribution in [0.25, 0.3) is 22.0 Å². The molecular formula is C15H10ClN. The largest absolute Gasteiger partial charge is 0.256 e. The molecule has 0 atom stereocenters. The second-order valence-corrected chi connectivity index (χ2v) is 4.30. The van der Waals surface area contributed by atoms with E-state index >= 15 is 0 Å². The van der Waals surface area contributed by atoms with Gasteiger partial charge >= 0.3 is 0 Å². The predicted octanol–water partition coefficient (Wildman–Crippen LogP) is 4.56. The van der Waals surface area contributed by atoms with E-state index in [1.165, 1.54) is 5.39 Å². The first-order chi connectivity index (χ1) is 8.34. The third-order valence-corrected chi connectivity index (χ3v) is 3.11. The number of benzene rings is 2. The van der Waals surface area contributed by atoms with Crippen LogP contribution in [0.5, 0.6) is 0 Å². The standard InChI is InChI=1S/C15H10ClN/c16-14-8-4-3-7-13(14)15-9-11-5-1-2-6-12(11)10-17-15/h1-10H. The van der Waals surface area contributed by atoms with Gasteiger partial charge in [0.25, 0.3) is 0 Å². The number of halogens is 1. The number of rotatable bonds is 1. The highest BCUT2D eigenvalue weighted by molar-refractivity contribution is 6.33. The van der Waals surface area contributed by atoms with Gasteiger partial charge in [-0.15, -0.1) is 0 Å². The molecule has 0 aliphatic rings. The second-order valence-electron chi connectivity index (χ2n) is 3.90. The molecular weight excluding hydrogens is 230 g/mol. The van der Waals surface area contributed by atoms with Crippen molar-refractivity contribution in [2.75, 3.05) is 0 Å². The Morgan fingerprint density at radius 1 is 0.824 bits per heavy atom. The highest BCUT2D eigenvalue weighted by Crippen LogP contribution is 2.27. The summed E-state index contributed by atoms with van der Waals surface area (Å²) >= 11 is 6.17. The maximum Gasteiger partial charge on any atom is 0.0723 e. The van der Waals surface area contributed by atoms with Gasteiger partial charge in [0.05, 0.1) is 5.69 Å². The Kier molecular flexibility index (Phi) is 2.54. The first-order valence-electron chi connectivity index (χ1n) is 5.44. The highest BCUT2D eigenvalue weighted by atomic mass is 35.5. The molecule has 0 amide bonds. The average Bonchev–Trinajstić information content (AvgIpc) is 2.39. The lowest BCUT2D eigenvalue weighted by Gasteiger charge is -2.04. The Hall–Kier alpha value is -1.86. The van der Waals surface area contributed by atoms with E-state index in [2.05, 4.69) is 23.2 Å². The molecule has 1 heterocycles. The van der Waals surface area contributed by atoms with Gasteiger partial charge in [0.2, 0.25) is 0 Å². The van der Waals surface area contributed by atoms with Crippen molar-refractivity contribution in [2.24, 2.45) is 0 Å². The topological polar surface area (TPSA) is 12.9 Å². The van der Waals surface area contributed by atoms with Gasteiger partial charge in [0.15, 0.2) is 0 Å². The molecule has 82 valence electrons. The molecule has 1 nitrogen and oxygen atoms in total. The molecule has 0 radical (unpaired) electrons. The second kappa shape index (κ2) is 4.19. The van der Waals surface area contributed by atoms with Crippen LogP contribution >= 0.6 is 11.6 Å². The summed E-state index contributed by atoms with van der Waals surface area (Å²) in [6.45, 7) is 0. The minimum absolute atomic E-state index is 0.732. The summed E-state index contributed by atoms with van der Waals surface area (Å²) in [5.41, 5.74) is 1.88. The Balaban J connectivity index is 2.22. The molecule has 1 aromatic heterocycles. The van der Waals surface area contributed by atoms with Crippen molar-refractivity contribution in [2.45, 2.75) is 0 Å². The molecule has 0 unspecified atom stereocenters. The van der Waals surface area contributed by atoms with Crippen LogP contribution in [-0.2, 0) is 0 Å². The van der Waals surface area contributed by atoms with E-state index in [-0.39, 0.29) is 0 Å². The summed E-state index contributed by atoms with van der Waals surface area (Å²) in [4.78, 5) is 4.45. The third-order valence-electron chi connectivity index (χ3n) is 2.78. The molecule has 0 spiro atoms. The predicted molar refractivity (Wildman–Crippen MR) is 72.2 cm³/mol. The van der Waals surface area contributed by atoms with Gasteiger partial charge in [-0.1, -0.05) is 54.1 Å². The van der Waals surface area contributed by atoms with Crippen LogP contribution in [0.2, 0.25) is 5.02 Å². The minimum Gasteiger partial charge on any atom is -0.256 e. The van der Waals surface area contributed by atoms with Gasteiger partial charge < -0.3 is 0 Å². The van der Waals surface area contributed by atoms with Gasteiger partial charge in [-0.3, -0.25) is 4.98 Å². The summed E-state index contributed by atoms with van der Waals surface area (Å²) < 4.78 is 0. The smallest absolute Gasteiger partial charge is 0.0723 e. The Bertz CT molecular complexity index is 676. The molecule has 3 rings (SSSR count). The fourth-order valence-corrected chi connectivity index (χ4v) is 2.13. The van der Waals surface area contributed by atoms with E-state index in [1.54, 1.807) is 0 Å². The average molecular weight is 240 g/mol. The van der Waals surface area contributed by atoms with E-state index < -0.39 is 0 Å². The van der Waals surface area contributed by atoms with E-state index in [4.69, 9.17) is 11.6 Å². The van der Waals surface area contributed by atoms with Crippen LogP contribution in [0.1, 0.15) is 0 Å². The van der Waals surface area contributed by atoms with Crippen LogP contribution < -0.4 is 0 Å². The van der Waals surface area contributed by atoms with Crippen LogP contribution in [0.3, 0.4) is 0 Å². The minimum atomic E-state index is 0.732. The zero-order valence-corrected chi connectivity index (χ0v) is 9.85. The number of hydrogen-bond acceptors (Lipinski definition) is 1. The van der Waals surface area contributed by atoms with Crippen molar-refractivity contribution in [3.8, 4) is 11.3 Å². The van der Waals surface area contributed by atoms with Crippen molar-refractivity contribution >= 4 is 22.4 Å². The molecule has 0 aliphatic heterocycles. The van der Waals surface area contributed by atoms with E-state index in [9.17, 15) is 0 Å². The first kappa shape index (κ1) is 10.3. The number of pyridine rings is 1. The van der Waals surface area contributed by atoms with Gasteiger partial charge in [0, 0.05) is 22.2 Å². The maximum atomic E-state index is 6.17. The third kappa shape index (κ3) is 1.90. The van der Waals surface area contributed by atoms with Crippen molar-refractivity contribution in [1.82, 2.24) is 4.98 Å². The van der Waals surface area contributed by atoms with E-state index in [1.807, 2.05) is 42.6 Å². The quantitative estimate of drug-likeness (QED) is 0.607. The number of hydrogen-bond donors (Lipinski definition) is 0. The Labute approximate surface area is 105 Å².